The van der Waals surface area contributed by atoms with E-state index in [1.165, 1.54) is 22.7 Å². The van der Waals surface area contributed by atoms with Gasteiger partial charge in [0.15, 0.2) is 6.10 Å². The second-order valence-electron chi connectivity index (χ2n) is 10.7. The molecule has 1 saturated heterocycles. The Kier molecular flexibility index (Phi) is 9.25. The van der Waals surface area contributed by atoms with Crippen LogP contribution in [0.1, 0.15) is 40.9 Å². The highest BCUT2D eigenvalue weighted by molar-refractivity contribution is 8.00. The zero-order chi connectivity index (χ0) is 29.7. The summed E-state index contributed by atoms with van der Waals surface area (Å²) in [5, 5.41) is 27.2. The van der Waals surface area contributed by atoms with Crippen LogP contribution < -0.4 is 16.4 Å². The van der Waals surface area contributed by atoms with Gasteiger partial charge in [-0.25, -0.2) is 0 Å². The molecule has 3 aromatic rings. The van der Waals surface area contributed by atoms with E-state index < -0.39 is 34.7 Å². The van der Waals surface area contributed by atoms with E-state index in [9.17, 15) is 24.6 Å². The number of carbonyl (C=O) groups excluding carboxylic acids is 3. The molecule has 41 heavy (non-hydrogen) atoms. The Bertz CT molecular complexity index is 1410. The minimum Gasteiger partial charge on any atom is -0.508 e. The molecular formula is C31H36N4O5S. The number of hydrogen-bond acceptors (Lipinski definition) is 7. The average molecular weight is 577 g/mol. The second-order valence-corrected chi connectivity index (χ2v) is 12.3. The number of nitrogen functional groups attached to an aromatic ring is 1. The molecule has 3 amide bonds. The number of aliphatic hydroxyl groups excluding tert-OH is 1. The summed E-state index contributed by atoms with van der Waals surface area (Å²) in [5.41, 5.74) is 8.70. The van der Waals surface area contributed by atoms with E-state index in [4.69, 9.17) is 5.73 Å². The molecule has 216 valence electrons. The van der Waals surface area contributed by atoms with Crippen LogP contribution in [0.2, 0.25) is 0 Å². The summed E-state index contributed by atoms with van der Waals surface area (Å²) < 4.78 is -0.619. The second kappa shape index (κ2) is 12.7. The fraction of sp³-hybridized carbons (Fsp3) is 0.323. The van der Waals surface area contributed by atoms with Crippen LogP contribution in [0, 0.1) is 6.92 Å². The third-order valence-corrected chi connectivity index (χ3v) is 8.67. The number of benzene rings is 3. The van der Waals surface area contributed by atoms with E-state index >= 15 is 0 Å². The Morgan fingerprint density at radius 2 is 1.73 bits per heavy atom. The van der Waals surface area contributed by atoms with Crippen LogP contribution in [-0.4, -0.2) is 61.6 Å². The van der Waals surface area contributed by atoms with Crippen molar-refractivity contribution in [3.05, 3.63) is 95.1 Å². The van der Waals surface area contributed by atoms with Crippen molar-refractivity contribution in [2.45, 2.75) is 56.7 Å². The lowest BCUT2D eigenvalue weighted by Gasteiger charge is -2.33. The van der Waals surface area contributed by atoms with Crippen molar-refractivity contribution >= 4 is 35.2 Å². The van der Waals surface area contributed by atoms with Crippen LogP contribution >= 0.6 is 11.8 Å². The minimum absolute atomic E-state index is 0.0303. The molecule has 0 spiro atoms. The maximum Gasteiger partial charge on any atom is 0.254 e. The number of phenols is 1. The molecule has 3 aromatic carbocycles. The summed E-state index contributed by atoms with van der Waals surface area (Å²) >= 11 is 1.44. The molecule has 0 bridgehead atoms. The van der Waals surface area contributed by atoms with Crippen LogP contribution in [0.15, 0.2) is 72.8 Å². The van der Waals surface area contributed by atoms with Gasteiger partial charge in [0.2, 0.25) is 5.91 Å². The molecule has 0 aromatic heterocycles. The lowest BCUT2D eigenvalue weighted by atomic mass is 9.96. The van der Waals surface area contributed by atoms with Crippen molar-refractivity contribution < 1.29 is 24.6 Å². The van der Waals surface area contributed by atoms with Crippen LogP contribution in [0.25, 0.3) is 0 Å². The van der Waals surface area contributed by atoms with Crippen molar-refractivity contribution in [1.29, 1.82) is 0 Å². The summed E-state index contributed by atoms with van der Waals surface area (Å²) in [6, 6.07) is 19.2. The molecule has 4 rings (SSSR count). The first-order valence-electron chi connectivity index (χ1n) is 13.4. The van der Waals surface area contributed by atoms with E-state index in [0.29, 0.717) is 11.3 Å². The van der Waals surface area contributed by atoms with Gasteiger partial charge in [0.1, 0.15) is 11.8 Å². The van der Waals surface area contributed by atoms with Crippen molar-refractivity contribution in [2.75, 3.05) is 11.6 Å². The molecule has 1 aliphatic heterocycles. The quantitative estimate of drug-likeness (QED) is 0.246. The first kappa shape index (κ1) is 30.0. The van der Waals surface area contributed by atoms with E-state index in [1.54, 1.807) is 37.3 Å². The Balaban J connectivity index is 1.55. The molecule has 6 N–H and O–H groups in total. The molecule has 0 saturated carbocycles. The van der Waals surface area contributed by atoms with Crippen LogP contribution in [0.5, 0.6) is 5.75 Å². The number of nitrogens with one attached hydrogen (secondary N) is 2. The zero-order valence-electron chi connectivity index (χ0n) is 23.3. The Labute approximate surface area is 244 Å². The predicted molar refractivity (Wildman–Crippen MR) is 160 cm³/mol. The monoisotopic (exact) mass is 576 g/mol. The number of amides is 3. The van der Waals surface area contributed by atoms with Gasteiger partial charge in [-0.05, 0) is 62.6 Å². The molecule has 3 atom stereocenters. The molecule has 0 radical (unpaired) electrons. The first-order chi connectivity index (χ1) is 19.5. The summed E-state index contributed by atoms with van der Waals surface area (Å²) in [6.45, 7) is 5.63. The molecule has 1 unspecified atom stereocenters. The topological polar surface area (TPSA) is 145 Å². The number of nitrogens with two attached hydrogens (primary N) is 1. The Morgan fingerprint density at radius 1 is 1.05 bits per heavy atom. The molecule has 1 aliphatic rings. The third-order valence-electron chi connectivity index (χ3n) is 7.29. The summed E-state index contributed by atoms with van der Waals surface area (Å²) in [6.07, 6.45) is -1.45. The van der Waals surface area contributed by atoms with Gasteiger partial charge in [-0.1, -0.05) is 48.5 Å². The normalized spacial score (nSPS) is 17.5. The van der Waals surface area contributed by atoms with Gasteiger partial charge in [0, 0.05) is 28.1 Å². The van der Waals surface area contributed by atoms with Gasteiger partial charge in [-0.3, -0.25) is 14.4 Å². The largest absolute Gasteiger partial charge is 0.508 e. The number of hydrogen-bond donors (Lipinski definition) is 5. The molecule has 0 aliphatic carbocycles. The molecule has 1 heterocycles. The lowest BCUT2D eigenvalue weighted by molar-refractivity contribution is -0.147. The van der Waals surface area contributed by atoms with Crippen molar-refractivity contribution in [3.63, 3.8) is 0 Å². The molecule has 10 heteroatoms. The minimum atomic E-state index is -1.63. The lowest BCUT2D eigenvalue weighted by Crippen LogP contribution is -2.58. The molecule has 1 fully saturated rings. The number of carbonyl (C=O) groups is 3. The van der Waals surface area contributed by atoms with E-state index in [1.807, 2.05) is 50.2 Å². The SMILES string of the molecule is Cc1c(O)cccc1C(=O)N[C@@H](Cc1ccccc1)[C@H](O)C(=O)N1CSC(C)(C)C1C(=O)NCc1cccc(N)c1. The van der Waals surface area contributed by atoms with Gasteiger partial charge in [-0.15, -0.1) is 11.8 Å². The number of aliphatic hydroxyl groups is 1. The fourth-order valence-electron chi connectivity index (χ4n) is 4.97. The zero-order valence-corrected chi connectivity index (χ0v) is 24.2. The number of aromatic hydroxyl groups is 1. The predicted octanol–water partition coefficient (Wildman–Crippen LogP) is 2.98. The fourth-order valence-corrected chi connectivity index (χ4v) is 6.11. The summed E-state index contributed by atoms with van der Waals surface area (Å²) in [4.78, 5) is 41.9. The average Bonchev–Trinajstić information content (AvgIpc) is 3.27. The summed E-state index contributed by atoms with van der Waals surface area (Å²) in [5.74, 6) is -1.35. The number of thioether (sulfide) groups is 1. The third kappa shape index (κ3) is 7.01. The van der Waals surface area contributed by atoms with Crippen LogP contribution in [0.4, 0.5) is 5.69 Å². The standard InChI is InChI=1S/C31H36N4O5S/c1-19-23(13-8-14-25(19)36)28(38)34-24(16-20-9-5-4-6-10-20)26(37)30(40)35-18-41-31(2,3)27(35)29(39)33-17-21-11-7-12-22(32)15-21/h4-15,24,26-27,36-37H,16-18,32H2,1-3H3,(H,33,39)(H,34,38)/t24-,26-,27?/m0/s1. The van der Waals surface area contributed by atoms with Gasteiger partial charge in [0.05, 0.1) is 11.9 Å². The highest BCUT2D eigenvalue weighted by Crippen LogP contribution is 2.40. The van der Waals surface area contributed by atoms with Crippen molar-refractivity contribution in [3.8, 4) is 5.75 Å². The summed E-state index contributed by atoms with van der Waals surface area (Å²) in [7, 11) is 0. The number of anilines is 1. The van der Waals surface area contributed by atoms with Gasteiger partial charge in [0.25, 0.3) is 11.8 Å². The molecule has 9 nitrogen and oxygen atoms in total. The van der Waals surface area contributed by atoms with Gasteiger partial charge < -0.3 is 31.5 Å². The first-order valence-corrected chi connectivity index (χ1v) is 14.3. The maximum atomic E-state index is 13.8. The smallest absolute Gasteiger partial charge is 0.254 e. The highest BCUT2D eigenvalue weighted by Gasteiger charge is 2.49. The number of rotatable bonds is 9. The maximum absolute atomic E-state index is 13.8. The van der Waals surface area contributed by atoms with E-state index in [2.05, 4.69) is 10.6 Å². The van der Waals surface area contributed by atoms with Crippen LogP contribution in [0.3, 0.4) is 0 Å². The van der Waals surface area contributed by atoms with E-state index in [-0.39, 0.29) is 36.1 Å². The van der Waals surface area contributed by atoms with Gasteiger partial charge in [-0.2, -0.15) is 0 Å². The number of phenolic OH excluding ortho intramolecular Hbond substituents is 1. The molecular weight excluding hydrogens is 540 g/mol. The van der Waals surface area contributed by atoms with E-state index in [0.717, 1.165) is 11.1 Å². The van der Waals surface area contributed by atoms with Crippen molar-refractivity contribution in [2.24, 2.45) is 0 Å². The van der Waals surface area contributed by atoms with Crippen LogP contribution in [-0.2, 0) is 22.6 Å². The van der Waals surface area contributed by atoms with Crippen molar-refractivity contribution in [1.82, 2.24) is 15.5 Å². The number of nitrogens with zero attached hydrogens (tertiary/aromatic N) is 1. The highest BCUT2D eigenvalue weighted by atomic mass is 32.2. The Hall–Kier alpha value is -4.02. The van der Waals surface area contributed by atoms with Gasteiger partial charge >= 0.3 is 0 Å². The Morgan fingerprint density at radius 3 is 2.44 bits per heavy atom.